The predicted molar refractivity (Wildman–Crippen MR) is 259 cm³/mol. The molecule has 0 aromatic rings. The molecule has 0 aromatic heterocycles. The highest BCUT2D eigenvalue weighted by atomic mass is 31.2. The Morgan fingerprint density at radius 1 is 0.529 bits per heavy atom. The summed E-state index contributed by atoms with van der Waals surface area (Å²) in [6.07, 6.45) is 30.3. The SMILES string of the molecule is CCCCC/C=C\C/C=C\C/C=C\CCCCCCC(=O)OC[C@H](COP(=O)(O)O[C@H]1C(O)C(O)C(O)[C@@H](OP(=O)(O)O)C1O)OC(=O)CCC/C=C\C/C=C\CC1OC1C/C=C\CCCCC. The lowest BCUT2D eigenvalue weighted by atomic mass is 9.85. The first-order valence-electron chi connectivity index (χ1n) is 24.6. The summed E-state index contributed by atoms with van der Waals surface area (Å²) in [7, 11) is -10.7. The lowest BCUT2D eigenvalue weighted by Gasteiger charge is -2.43. The third kappa shape index (κ3) is 29.6. The summed E-state index contributed by atoms with van der Waals surface area (Å²) < 4.78 is 55.1. The van der Waals surface area contributed by atoms with Gasteiger partial charge in [-0.2, -0.15) is 0 Å². The summed E-state index contributed by atoms with van der Waals surface area (Å²) in [4.78, 5) is 54.4. The Labute approximate surface area is 404 Å². The zero-order chi connectivity index (χ0) is 50.0. The molecule has 2 aliphatic rings. The Kier molecular flexibility index (Phi) is 32.9. The van der Waals surface area contributed by atoms with Crippen LogP contribution in [0.25, 0.3) is 0 Å². The van der Waals surface area contributed by atoms with Crippen molar-refractivity contribution < 1.29 is 81.6 Å². The lowest BCUT2D eigenvalue weighted by Crippen LogP contribution is -2.64. The van der Waals surface area contributed by atoms with Gasteiger partial charge in [0.05, 0.1) is 18.8 Å². The van der Waals surface area contributed by atoms with Gasteiger partial charge in [-0.05, 0) is 89.9 Å². The molecule has 1 aliphatic carbocycles. The number of allylic oxidation sites excluding steroid dienone is 10. The van der Waals surface area contributed by atoms with Crippen molar-refractivity contribution in [3.8, 4) is 0 Å². The van der Waals surface area contributed by atoms with Gasteiger partial charge in [-0.25, -0.2) is 9.13 Å². The number of aliphatic hydroxyl groups excluding tert-OH is 4. The fourth-order valence-electron chi connectivity index (χ4n) is 7.18. The standard InChI is InChI=1S/C49H82O17P2/c1-3-5-7-9-11-12-13-14-15-16-17-18-19-20-23-27-31-35-42(50)61-37-39(38-62-68(59,60)66-49-46(54)44(52)45(53)48(47(49)55)65-67(56,57)58)63-43(51)36-32-28-24-21-22-26-30-34-41-40(64-41)33-29-25-10-8-6-4-2/h11-12,14-15,17-18,21,24-26,29-30,39-41,44-49,52-55H,3-10,13,16,19-20,22-23,27-28,31-38H2,1-2H3,(H,59,60)(H2,56,57,58)/b12-11-,15-14-,18-17-,24-21-,29-25-,30-26-/t39-,40?,41?,44?,45?,46?,47?,48-,49+/m1/s1. The highest BCUT2D eigenvalue weighted by Crippen LogP contribution is 2.49. The average molecular weight is 1010 g/mol. The number of phosphoric acid groups is 2. The Balaban J connectivity index is 1.82. The van der Waals surface area contributed by atoms with Gasteiger partial charge in [-0.15, -0.1) is 0 Å². The molecule has 1 saturated carbocycles. The highest BCUT2D eigenvalue weighted by Gasteiger charge is 2.54. The molecule has 1 heterocycles. The van der Waals surface area contributed by atoms with Crippen molar-refractivity contribution in [2.45, 2.75) is 210 Å². The molecular formula is C49H82O17P2. The van der Waals surface area contributed by atoms with E-state index in [-0.39, 0.29) is 25.0 Å². The largest absolute Gasteiger partial charge is 0.472 e. The third-order valence-corrected chi connectivity index (χ3v) is 12.7. The van der Waals surface area contributed by atoms with E-state index >= 15 is 0 Å². The maximum Gasteiger partial charge on any atom is 0.472 e. The molecule has 19 heteroatoms. The molecule has 0 spiro atoms. The zero-order valence-corrected chi connectivity index (χ0v) is 42.0. The Morgan fingerprint density at radius 2 is 0.985 bits per heavy atom. The number of esters is 2. The molecule has 7 N–H and O–H groups in total. The van der Waals surface area contributed by atoms with Crippen molar-refractivity contribution in [1.82, 2.24) is 0 Å². The monoisotopic (exact) mass is 1000 g/mol. The molecule has 0 amide bonds. The second-order valence-corrected chi connectivity index (χ2v) is 19.8. The van der Waals surface area contributed by atoms with E-state index < -0.39 is 83.5 Å². The van der Waals surface area contributed by atoms with Gasteiger partial charge in [0, 0.05) is 12.8 Å². The molecule has 390 valence electrons. The van der Waals surface area contributed by atoms with Gasteiger partial charge in [0.2, 0.25) is 0 Å². The first kappa shape index (κ1) is 61.5. The van der Waals surface area contributed by atoms with Crippen LogP contribution in [0.5, 0.6) is 0 Å². The molecule has 0 radical (unpaired) electrons. The Hall–Kier alpha value is -2.60. The molecule has 17 nitrogen and oxygen atoms in total. The van der Waals surface area contributed by atoms with Gasteiger partial charge in [-0.1, -0.05) is 125 Å². The van der Waals surface area contributed by atoms with E-state index in [0.717, 1.165) is 64.2 Å². The molecule has 7 unspecified atom stereocenters. The first-order valence-corrected chi connectivity index (χ1v) is 27.6. The predicted octanol–water partition coefficient (Wildman–Crippen LogP) is 8.61. The van der Waals surface area contributed by atoms with E-state index in [2.05, 4.69) is 79.1 Å². The van der Waals surface area contributed by atoms with Crippen LogP contribution in [-0.2, 0) is 46.5 Å². The number of ether oxygens (including phenoxy) is 3. The fourth-order valence-corrected chi connectivity index (χ4v) is 8.72. The van der Waals surface area contributed by atoms with Crippen LogP contribution < -0.4 is 0 Å². The minimum atomic E-state index is -5.38. The summed E-state index contributed by atoms with van der Waals surface area (Å²) in [5.41, 5.74) is 0. The summed E-state index contributed by atoms with van der Waals surface area (Å²) in [5.74, 6) is -1.31. The van der Waals surface area contributed by atoms with Gasteiger partial charge >= 0.3 is 27.6 Å². The number of hydrogen-bond acceptors (Lipinski definition) is 14. The van der Waals surface area contributed by atoms with Crippen molar-refractivity contribution >= 4 is 27.6 Å². The van der Waals surface area contributed by atoms with Crippen LogP contribution in [0.1, 0.15) is 155 Å². The number of carbonyl (C=O) groups excluding carboxylic acids is 2. The normalized spacial score (nSPS) is 24.8. The van der Waals surface area contributed by atoms with E-state index in [0.29, 0.717) is 25.7 Å². The number of phosphoric ester groups is 2. The maximum atomic E-state index is 13.0. The summed E-state index contributed by atoms with van der Waals surface area (Å²) in [6.45, 7) is 2.98. The number of rotatable bonds is 39. The van der Waals surface area contributed by atoms with Crippen LogP contribution in [0.15, 0.2) is 72.9 Å². The van der Waals surface area contributed by atoms with Gasteiger partial charge in [-0.3, -0.25) is 23.2 Å². The van der Waals surface area contributed by atoms with Crippen LogP contribution in [0.2, 0.25) is 0 Å². The topological polar surface area (TPSA) is 269 Å². The van der Waals surface area contributed by atoms with E-state index in [1.54, 1.807) is 0 Å². The number of carbonyl (C=O) groups is 2. The second kappa shape index (κ2) is 36.3. The summed E-state index contributed by atoms with van der Waals surface area (Å²) in [6, 6.07) is 0. The molecule has 2 rings (SSSR count). The van der Waals surface area contributed by atoms with Crippen LogP contribution in [0.3, 0.4) is 0 Å². The van der Waals surface area contributed by atoms with Crippen molar-refractivity contribution in [1.29, 1.82) is 0 Å². The number of epoxide rings is 1. The van der Waals surface area contributed by atoms with Crippen molar-refractivity contribution in [3.63, 3.8) is 0 Å². The van der Waals surface area contributed by atoms with Gasteiger partial charge in [0.25, 0.3) is 0 Å². The molecule has 0 aromatic carbocycles. The molecule has 2 fully saturated rings. The second-order valence-electron chi connectivity index (χ2n) is 17.2. The Bertz CT molecular complexity index is 1660. The number of aliphatic hydroxyl groups is 4. The summed E-state index contributed by atoms with van der Waals surface area (Å²) >= 11 is 0. The smallest absolute Gasteiger partial charge is 0.462 e. The molecular weight excluding hydrogens is 922 g/mol. The lowest BCUT2D eigenvalue weighted by molar-refractivity contribution is -0.216. The van der Waals surface area contributed by atoms with Crippen LogP contribution in [-0.4, -0.2) is 115 Å². The third-order valence-electron chi connectivity index (χ3n) is 11.2. The van der Waals surface area contributed by atoms with Crippen molar-refractivity contribution in [2.75, 3.05) is 13.2 Å². The maximum absolute atomic E-state index is 13.0. The number of hydrogen-bond donors (Lipinski definition) is 7. The zero-order valence-electron chi connectivity index (χ0n) is 40.2. The van der Waals surface area contributed by atoms with Crippen LogP contribution in [0.4, 0.5) is 0 Å². The highest BCUT2D eigenvalue weighted by molar-refractivity contribution is 7.47. The van der Waals surface area contributed by atoms with E-state index in [4.69, 9.17) is 23.3 Å². The van der Waals surface area contributed by atoms with Crippen molar-refractivity contribution in [3.05, 3.63) is 72.9 Å². The number of unbranched alkanes of at least 4 members (excludes halogenated alkanes) is 11. The van der Waals surface area contributed by atoms with E-state index in [9.17, 15) is 53.8 Å². The molecule has 68 heavy (non-hydrogen) atoms. The van der Waals surface area contributed by atoms with Gasteiger partial charge < -0.3 is 49.3 Å². The minimum absolute atomic E-state index is 0.0459. The average Bonchev–Trinajstić information content (AvgIpc) is 4.05. The Morgan fingerprint density at radius 3 is 1.54 bits per heavy atom. The molecule has 0 bridgehead atoms. The van der Waals surface area contributed by atoms with Crippen molar-refractivity contribution in [2.24, 2.45) is 0 Å². The van der Waals surface area contributed by atoms with Gasteiger partial charge in [0.15, 0.2) is 6.10 Å². The fraction of sp³-hybridized carbons (Fsp3) is 0.714. The van der Waals surface area contributed by atoms with E-state index in [1.807, 2.05) is 12.2 Å². The van der Waals surface area contributed by atoms with Gasteiger partial charge in [0.1, 0.15) is 43.2 Å². The van der Waals surface area contributed by atoms with Crippen LogP contribution in [0, 0.1) is 0 Å². The summed E-state index contributed by atoms with van der Waals surface area (Å²) in [5, 5.41) is 41.3. The van der Waals surface area contributed by atoms with E-state index in [1.165, 1.54) is 38.5 Å². The quantitative estimate of drug-likeness (QED) is 0.00998. The first-order chi connectivity index (χ1) is 32.6. The molecule has 1 saturated heterocycles. The minimum Gasteiger partial charge on any atom is -0.462 e. The molecule has 1 aliphatic heterocycles. The molecule has 10 atom stereocenters. The van der Waals surface area contributed by atoms with Crippen LogP contribution >= 0.6 is 15.6 Å².